The van der Waals surface area contributed by atoms with E-state index < -0.39 is 6.10 Å². The zero-order valence-electron chi connectivity index (χ0n) is 16.2. The first-order valence-corrected chi connectivity index (χ1v) is 8.94. The number of nitrogens with one attached hydrogen (secondary N) is 1. The van der Waals surface area contributed by atoms with E-state index in [1.807, 2.05) is 50.2 Å². The van der Waals surface area contributed by atoms with E-state index in [-0.39, 0.29) is 11.9 Å². The molecule has 0 aliphatic heterocycles. The van der Waals surface area contributed by atoms with Gasteiger partial charge >= 0.3 is 0 Å². The Balaban J connectivity index is 1.87. The minimum Gasteiger partial charge on any atom is -0.497 e. The van der Waals surface area contributed by atoms with Crippen molar-refractivity contribution in [1.82, 2.24) is 5.32 Å². The van der Waals surface area contributed by atoms with Gasteiger partial charge in [-0.3, -0.25) is 4.79 Å². The van der Waals surface area contributed by atoms with Crippen LogP contribution in [0.5, 0.6) is 23.0 Å². The van der Waals surface area contributed by atoms with Gasteiger partial charge in [0, 0.05) is 0 Å². The van der Waals surface area contributed by atoms with E-state index in [0.717, 1.165) is 5.75 Å². The predicted octanol–water partition coefficient (Wildman–Crippen LogP) is 3.44. The monoisotopic (exact) mass is 373 g/mol. The summed E-state index contributed by atoms with van der Waals surface area (Å²) in [4.78, 5) is 12.5. The lowest BCUT2D eigenvalue weighted by Gasteiger charge is -2.21. The Morgan fingerprint density at radius 3 is 2.19 bits per heavy atom. The zero-order valence-corrected chi connectivity index (χ0v) is 16.2. The molecule has 1 amide bonds. The van der Waals surface area contributed by atoms with Crippen molar-refractivity contribution in [3.05, 3.63) is 48.5 Å². The molecule has 0 saturated heterocycles. The quantitative estimate of drug-likeness (QED) is 0.691. The van der Waals surface area contributed by atoms with Crippen LogP contribution < -0.4 is 24.3 Å². The highest BCUT2D eigenvalue weighted by Crippen LogP contribution is 2.27. The van der Waals surface area contributed by atoms with Crippen LogP contribution in [0, 0.1) is 0 Å². The molecule has 0 saturated carbocycles. The van der Waals surface area contributed by atoms with Gasteiger partial charge in [0.05, 0.1) is 20.3 Å². The van der Waals surface area contributed by atoms with Crippen LogP contribution in [0.4, 0.5) is 0 Å². The average Bonchev–Trinajstić information content (AvgIpc) is 2.70. The lowest BCUT2D eigenvalue weighted by Crippen LogP contribution is -2.44. The van der Waals surface area contributed by atoms with E-state index in [9.17, 15) is 4.79 Å². The SMILES string of the molecule is CC[C@H](Oc1ccccc1OC)C(=O)N[C@@H](C)COc1ccc(OC)cc1. The summed E-state index contributed by atoms with van der Waals surface area (Å²) in [6, 6.07) is 14.4. The van der Waals surface area contributed by atoms with E-state index in [2.05, 4.69) is 5.32 Å². The van der Waals surface area contributed by atoms with Crippen molar-refractivity contribution < 1.29 is 23.7 Å². The maximum Gasteiger partial charge on any atom is 0.261 e. The van der Waals surface area contributed by atoms with E-state index in [1.54, 1.807) is 26.4 Å². The summed E-state index contributed by atoms with van der Waals surface area (Å²) in [6.45, 7) is 4.14. The number of carbonyl (C=O) groups is 1. The molecule has 0 fully saturated rings. The summed E-state index contributed by atoms with van der Waals surface area (Å²) in [5.41, 5.74) is 0. The molecule has 2 rings (SSSR count). The van der Waals surface area contributed by atoms with Gasteiger partial charge < -0.3 is 24.3 Å². The third-order valence-electron chi connectivity index (χ3n) is 3.95. The van der Waals surface area contributed by atoms with Gasteiger partial charge in [0.25, 0.3) is 5.91 Å². The number of hydrogen-bond donors (Lipinski definition) is 1. The fourth-order valence-corrected chi connectivity index (χ4v) is 2.46. The predicted molar refractivity (Wildman–Crippen MR) is 104 cm³/mol. The lowest BCUT2D eigenvalue weighted by atomic mass is 10.2. The van der Waals surface area contributed by atoms with E-state index in [0.29, 0.717) is 30.3 Å². The van der Waals surface area contributed by atoms with E-state index >= 15 is 0 Å². The zero-order chi connectivity index (χ0) is 19.6. The molecule has 0 heterocycles. The van der Waals surface area contributed by atoms with E-state index in [4.69, 9.17) is 18.9 Å². The van der Waals surface area contributed by atoms with Gasteiger partial charge in [-0.2, -0.15) is 0 Å². The summed E-state index contributed by atoms with van der Waals surface area (Å²) in [6.07, 6.45) is -0.0691. The molecular weight excluding hydrogens is 346 g/mol. The first-order valence-electron chi connectivity index (χ1n) is 8.94. The Hall–Kier alpha value is -2.89. The number of methoxy groups -OCH3 is 2. The summed E-state index contributed by atoms with van der Waals surface area (Å²) in [5.74, 6) is 2.44. The van der Waals surface area contributed by atoms with E-state index in [1.165, 1.54) is 0 Å². The number of amides is 1. The number of ether oxygens (including phenoxy) is 4. The molecular formula is C21H27NO5. The molecule has 0 bridgehead atoms. The summed E-state index contributed by atoms with van der Waals surface area (Å²) < 4.78 is 21.9. The van der Waals surface area contributed by atoms with Gasteiger partial charge in [-0.1, -0.05) is 19.1 Å². The molecule has 146 valence electrons. The molecule has 27 heavy (non-hydrogen) atoms. The maximum atomic E-state index is 12.5. The Labute approximate surface area is 160 Å². The molecule has 2 atom stereocenters. The minimum absolute atomic E-state index is 0.171. The fourth-order valence-electron chi connectivity index (χ4n) is 2.46. The standard InChI is InChI=1S/C21H27NO5/c1-5-18(27-20-9-7-6-8-19(20)25-4)21(23)22-15(2)14-26-17-12-10-16(24-3)11-13-17/h6-13,15,18H,5,14H2,1-4H3,(H,22,23)/t15-,18-/m0/s1. The molecule has 0 aliphatic rings. The van der Waals surface area contributed by atoms with Gasteiger partial charge in [-0.05, 0) is 49.7 Å². The van der Waals surface area contributed by atoms with Crippen LogP contribution >= 0.6 is 0 Å². The number of rotatable bonds is 10. The summed E-state index contributed by atoms with van der Waals surface area (Å²) in [7, 11) is 3.19. The first-order chi connectivity index (χ1) is 13.1. The molecule has 2 aromatic rings. The van der Waals surface area contributed by atoms with Gasteiger partial charge in [0.2, 0.25) is 0 Å². The van der Waals surface area contributed by atoms with Crippen molar-refractivity contribution in [2.45, 2.75) is 32.4 Å². The molecule has 0 aromatic heterocycles. The van der Waals surface area contributed by atoms with Gasteiger partial charge in [0.1, 0.15) is 18.1 Å². The molecule has 1 N–H and O–H groups in total. The summed E-state index contributed by atoms with van der Waals surface area (Å²) in [5, 5.41) is 2.93. The van der Waals surface area contributed by atoms with Crippen LogP contribution in [0.15, 0.2) is 48.5 Å². The highest BCUT2D eigenvalue weighted by atomic mass is 16.5. The topological polar surface area (TPSA) is 66.0 Å². The second-order valence-corrected chi connectivity index (χ2v) is 6.06. The summed E-state index contributed by atoms with van der Waals surface area (Å²) >= 11 is 0. The Morgan fingerprint density at radius 2 is 1.59 bits per heavy atom. The molecule has 6 nitrogen and oxygen atoms in total. The molecule has 0 spiro atoms. The van der Waals surface area contributed by atoms with Crippen LogP contribution in [0.3, 0.4) is 0 Å². The Morgan fingerprint density at radius 1 is 0.963 bits per heavy atom. The van der Waals surface area contributed by atoms with Crippen molar-refractivity contribution in [3.63, 3.8) is 0 Å². The Kier molecular flexibility index (Phi) is 7.79. The maximum absolute atomic E-state index is 12.5. The molecule has 0 aliphatic carbocycles. The van der Waals surface area contributed by atoms with Crippen molar-refractivity contribution >= 4 is 5.91 Å². The van der Waals surface area contributed by atoms with Gasteiger partial charge in [-0.15, -0.1) is 0 Å². The highest BCUT2D eigenvalue weighted by molar-refractivity contribution is 5.81. The third kappa shape index (κ3) is 6.09. The average molecular weight is 373 g/mol. The minimum atomic E-state index is -0.607. The molecule has 0 unspecified atom stereocenters. The van der Waals surface area contributed by atoms with Crippen molar-refractivity contribution in [2.24, 2.45) is 0 Å². The number of para-hydroxylation sites is 2. The molecule has 6 heteroatoms. The first kappa shape index (κ1) is 20.4. The largest absolute Gasteiger partial charge is 0.497 e. The second-order valence-electron chi connectivity index (χ2n) is 6.06. The normalized spacial score (nSPS) is 12.6. The molecule has 0 radical (unpaired) electrons. The van der Waals surface area contributed by atoms with Crippen LogP contribution in [0.25, 0.3) is 0 Å². The highest BCUT2D eigenvalue weighted by Gasteiger charge is 2.21. The number of hydrogen-bond acceptors (Lipinski definition) is 5. The lowest BCUT2D eigenvalue weighted by molar-refractivity contribution is -0.129. The van der Waals surface area contributed by atoms with Crippen LogP contribution in [0.2, 0.25) is 0 Å². The van der Waals surface area contributed by atoms with Crippen LogP contribution in [-0.2, 0) is 4.79 Å². The fraction of sp³-hybridized carbons (Fsp3) is 0.381. The number of benzene rings is 2. The smallest absolute Gasteiger partial charge is 0.261 e. The van der Waals surface area contributed by atoms with Crippen molar-refractivity contribution in [1.29, 1.82) is 0 Å². The van der Waals surface area contributed by atoms with Gasteiger partial charge in [-0.25, -0.2) is 0 Å². The van der Waals surface area contributed by atoms with Crippen molar-refractivity contribution in [2.75, 3.05) is 20.8 Å². The third-order valence-corrected chi connectivity index (χ3v) is 3.95. The second kappa shape index (κ2) is 10.3. The van der Waals surface area contributed by atoms with Crippen molar-refractivity contribution in [3.8, 4) is 23.0 Å². The van der Waals surface area contributed by atoms with Crippen LogP contribution in [-0.4, -0.2) is 38.9 Å². The van der Waals surface area contributed by atoms with Crippen LogP contribution in [0.1, 0.15) is 20.3 Å². The molecule has 2 aromatic carbocycles. The van der Waals surface area contributed by atoms with Gasteiger partial charge in [0.15, 0.2) is 17.6 Å². The number of carbonyl (C=O) groups excluding carboxylic acids is 1. The Bertz CT molecular complexity index is 717.